The Morgan fingerprint density at radius 3 is 2.72 bits per heavy atom. The van der Waals surface area contributed by atoms with E-state index < -0.39 is 0 Å². The molecule has 2 aromatic rings. The highest BCUT2D eigenvalue weighted by Crippen LogP contribution is 2.21. The summed E-state index contributed by atoms with van der Waals surface area (Å²) < 4.78 is 2.40. The molecule has 0 aliphatic rings. The summed E-state index contributed by atoms with van der Waals surface area (Å²) in [5, 5.41) is 4.90. The number of benzene rings is 1. The van der Waals surface area contributed by atoms with Gasteiger partial charge in [0, 0.05) is 36.2 Å². The molecule has 0 amide bonds. The Labute approximate surface area is 110 Å². The number of rotatable bonds is 6. The number of hydrogen-bond donors (Lipinski definition) is 1. The largest absolute Gasteiger partial charge is 0.347 e. The number of fused-ring (bicyclic) bond motifs is 1. The molecule has 0 saturated heterocycles. The lowest BCUT2D eigenvalue weighted by atomic mass is 10.1. The fourth-order valence-electron chi connectivity index (χ4n) is 2.29. The Morgan fingerprint density at radius 1 is 1.22 bits per heavy atom. The van der Waals surface area contributed by atoms with Crippen LogP contribution >= 0.6 is 0 Å². The van der Waals surface area contributed by atoms with Gasteiger partial charge in [-0.05, 0) is 18.1 Å². The van der Waals surface area contributed by atoms with Crippen LogP contribution in [0, 0.1) is 0 Å². The van der Waals surface area contributed by atoms with E-state index >= 15 is 0 Å². The summed E-state index contributed by atoms with van der Waals surface area (Å²) in [4.78, 5) is 0. The molecule has 0 atom stereocenters. The average molecular weight is 244 g/mol. The second-order valence-electron chi connectivity index (χ2n) is 5.25. The number of nitrogens with one attached hydrogen (secondary N) is 1. The third-order valence-electron chi connectivity index (χ3n) is 3.32. The van der Waals surface area contributed by atoms with Crippen LogP contribution in [-0.2, 0) is 13.1 Å². The Bertz CT molecular complexity index is 497. The van der Waals surface area contributed by atoms with Crippen molar-refractivity contribution in [3.63, 3.8) is 0 Å². The van der Waals surface area contributed by atoms with E-state index in [0.29, 0.717) is 6.04 Å². The summed E-state index contributed by atoms with van der Waals surface area (Å²) in [6, 6.07) is 9.25. The first kappa shape index (κ1) is 13.2. The molecule has 2 heteroatoms. The first-order chi connectivity index (χ1) is 8.72. The van der Waals surface area contributed by atoms with E-state index in [1.54, 1.807) is 0 Å². The summed E-state index contributed by atoms with van der Waals surface area (Å²) in [6.45, 7) is 8.70. The Kier molecular flexibility index (Phi) is 4.43. The molecule has 1 heterocycles. The highest BCUT2D eigenvalue weighted by molar-refractivity contribution is 5.83. The van der Waals surface area contributed by atoms with Gasteiger partial charge in [-0.25, -0.2) is 0 Å². The highest BCUT2D eigenvalue weighted by Gasteiger charge is 2.07. The van der Waals surface area contributed by atoms with Crippen molar-refractivity contribution < 1.29 is 0 Å². The maximum atomic E-state index is 3.51. The molecule has 0 radical (unpaired) electrons. The number of para-hydroxylation sites is 1. The standard InChI is InChI=1S/C16H24N2/c1-4-5-10-18-12-14(11-17-13(2)3)15-8-6-7-9-16(15)18/h6-9,12-13,17H,4-5,10-11H2,1-3H3. The summed E-state index contributed by atoms with van der Waals surface area (Å²) in [6.07, 6.45) is 4.80. The van der Waals surface area contributed by atoms with Crippen molar-refractivity contribution in [2.24, 2.45) is 0 Å². The monoisotopic (exact) mass is 244 g/mol. The van der Waals surface area contributed by atoms with Gasteiger partial charge in [0.15, 0.2) is 0 Å². The molecule has 2 nitrogen and oxygen atoms in total. The lowest BCUT2D eigenvalue weighted by Gasteiger charge is -2.06. The van der Waals surface area contributed by atoms with Crippen molar-refractivity contribution in [3.05, 3.63) is 36.0 Å². The van der Waals surface area contributed by atoms with Gasteiger partial charge >= 0.3 is 0 Å². The van der Waals surface area contributed by atoms with E-state index in [0.717, 1.165) is 13.1 Å². The molecule has 0 unspecified atom stereocenters. The van der Waals surface area contributed by atoms with Crippen molar-refractivity contribution in [2.45, 2.75) is 52.7 Å². The van der Waals surface area contributed by atoms with Crippen LogP contribution in [0.5, 0.6) is 0 Å². The molecule has 0 spiro atoms. The molecule has 1 aromatic heterocycles. The van der Waals surface area contributed by atoms with Crippen molar-refractivity contribution in [2.75, 3.05) is 0 Å². The van der Waals surface area contributed by atoms with E-state index in [2.05, 4.69) is 61.1 Å². The van der Waals surface area contributed by atoms with Crippen LogP contribution in [0.15, 0.2) is 30.5 Å². The van der Waals surface area contributed by atoms with E-state index in [1.165, 1.54) is 29.3 Å². The average Bonchev–Trinajstić information content (AvgIpc) is 2.72. The van der Waals surface area contributed by atoms with Gasteiger partial charge in [0.1, 0.15) is 0 Å². The maximum Gasteiger partial charge on any atom is 0.0483 e. The molecule has 0 bridgehead atoms. The molecule has 1 N–H and O–H groups in total. The van der Waals surface area contributed by atoms with Crippen molar-refractivity contribution in [1.29, 1.82) is 0 Å². The molecule has 0 fully saturated rings. The topological polar surface area (TPSA) is 17.0 Å². The SMILES string of the molecule is CCCCn1cc(CNC(C)C)c2ccccc21. The van der Waals surface area contributed by atoms with Gasteiger partial charge in [0.05, 0.1) is 0 Å². The van der Waals surface area contributed by atoms with E-state index in [1.807, 2.05) is 0 Å². The predicted octanol–water partition coefficient (Wildman–Crippen LogP) is 3.94. The number of nitrogens with zero attached hydrogens (tertiary/aromatic N) is 1. The number of aryl methyl sites for hydroxylation is 1. The zero-order valence-electron chi connectivity index (χ0n) is 11.7. The van der Waals surface area contributed by atoms with Crippen LogP contribution in [0.4, 0.5) is 0 Å². The van der Waals surface area contributed by atoms with Gasteiger partial charge in [-0.2, -0.15) is 0 Å². The Hall–Kier alpha value is -1.28. The molecule has 2 rings (SSSR count). The van der Waals surface area contributed by atoms with E-state index in [-0.39, 0.29) is 0 Å². The van der Waals surface area contributed by atoms with Gasteiger partial charge in [-0.15, -0.1) is 0 Å². The predicted molar refractivity (Wildman–Crippen MR) is 78.8 cm³/mol. The van der Waals surface area contributed by atoms with Gasteiger partial charge in [-0.1, -0.05) is 45.4 Å². The fraction of sp³-hybridized carbons (Fsp3) is 0.500. The minimum Gasteiger partial charge on any atom is -0.347 e. The normalized spacial score (nSPS) is 11.6. The number of aromatic nitrogens is 1. The smallest absolute Gasteiger partial charge is 0.0483 e. The molecule has 98 valence electrons. The molecular formula is C16H24N2. The third-order valence-corrected chi connectivity index (χ3v) is 3.32. The molecule has 1 aromatic carbocycles. The van der Waals surface area contributed by atoms with Crippen molar-refractivity contribution in [3.8, 4) is 0 Å². The Balaban J connectivity index is 2.28. The van der Waals surface area contributed by atoms with E-state index in [9.17, 15) is 0 Å². The zero-order chi connectivity index (χ0) is 13.0. The van der Waals surface area contributed by atoms with Gasteiger partial charge in [0.2, 0.25) is 0 Å². The van der Waals surface area contributed by atoms with Crippen LogP contribution in [0.25, 0.3) is 10.9 Å². The van der Waals surface area contributed by atoms with Gasteiger partial charge in [0.25, 0.3) is 0 Å². The van der Waals surface area contributed by atoms with Crippen LogP contribution in [0.1, 0.15) is 39.2 Å². The molecular weight excluding hydrogens is 220 g/mol. The molecule has 18 heavy (non-hydrogen) atoms. The van der Waals surface area contributed by atoms with Crippen molar-refractivity contribution >= 4 is 10.9 Å². The van der Waals surface area contributed by atoms with Gasteiger partial charge in [-0.3, -0.25) is 0 Å². The van der Waals surface area contributed by atoms with Gasteiger partial charge < -0.3 is 9.88 Å². The van der Waals surface area contributed by atoms with Crippen LogP contribution in [0.3, 0.4) is 0 Å². The molecule has 0 aliphatic carbocycles. The summed E-state index contributed by atoms with van der Waals surface area (Å²) >= 11 is 0. The lowest BCUT2D eigenvalue weighted by Crippen LogP contribution is -2.21. The lowest BCUT2D eigenvalue weighted by molar-refractivity contribution is 0.587. The number of hydrogen-bond acceptors (Lipinski definition) is 1. The second-order valence-corrected chi connectivity index (χ2v) is 5.25. The minimum atomic E-state index is 0.530. The van der Waals surface area contributed by atoms with Crippen LogP contribution in [0.2, 0.25) is 0 Å². The quantitative estimate of drug-likeness (QED) is 0.814. The minimum absolute atomic E-state index is 0.530. The second kappa shape index (κ2) is 6.05. The summed E-state index contributed by atoms with van der Waals surface area (Å²) in [7, 11) is 0. The Morgan fingerprint density at radius 2 is 2.00 bits per heavy atom. The first-order valence-corrected chi connectivity index (χ1v) is 7.02. The molecule has 0 aliphatic heterocycles. The molecule has 0 saturated carbocycles. The summed E-state index contributed by atoms with van der Waals surface area (Å²) in [5.41, 5.74) is 2.78. The number of unbranched alkanes of at least 4 members (excludes halogenated alkanes) is 1. The van der Waals surface area contributed by atoms with Crippen molar-refractivity contribution in [1.82, 2.24) is 9.88 Å². The highest BCUT2D eigenvalue weighted by atomic mass is 15.0. The van der Waals surface area contributed by atoms with Crippen LogP contribution in [-0.4, -0.2) is 10.6 Å². The third kappa shape index (κ3) is 2.94. The fourth-order valence-corrected chi connectivity index (χ4v) is 2.29. The zero-order valence-corrected chi connectivity index (χ0v) is 11.7. The van der Waals surface area contributed by atoms with E-state index in [4.69, 9.17) is 0 Å². The first-order valence-electron chi connectivity index (χ1n) is 7.02. The van der Waals surface area contributed by atoms with Crippen LogP contribution < -0.4 is 5.32 Å². The summed E-state index contributed by atoms with van der Waals surface area (Å²) in [5.74, 6) is 0. The maximum absolute atomic E-state index is 3.51.